The number of allylic oxidation sites excluding steroid dienone is 8. The van der Waals surface area contributed by atoms with Gasteiger partial charge in [-0.1, -0.05) is 147 Å². The van der Waals surface area contributed by atoms with Crippen molar-refractivity contribution in [1.29, 1.82) is 0 Å². The van der Waals surface area contributed by atoms with Crippen molar-refractivity contribution in [2.24, 2.45) is 5.92 Å². The number of imidazole rings is 4. The number of aromatic nitrogens is 7. The van der Waals surface area contributed by atoms with E-state index in [0.29, 0.717) is 5.92 Å². The average Bonchev–Trinajstić information content (AvgIpc) is 4.16. The topological polar surface area (TPSA) is 70.3 Å². The third kappa shape index (κ3) is 5.53. The van der Waals surface area contributed by atoms with Crippen LogP contribution < -0.4 is 9.64 Å². The van der Waals surface area contributed by atoms with E-state index >= 15 is 0 Å². The van der Waals surface area contributed by atoms with Gasteiger partial charge in [0.2, 0.25) is 5.78 Å². The van der Waals surface area contributed by atoms with Crippen LogP contribution in [-0.2, 0) is 5.54 Å². The molecule has 3 aliphatic rings. The molecule has 14 rings (SSSR count). The lowest BCUT2D eigenvalue weighted by molar-refractivity contribution is 0.418. The van der Waals surface area contributed by atoms with Gasteiger partial charge < -0.3 is 9.30 Å². The summed E-state index contributed by atoms with van der Waals surface area (Å²) in [5.74, 6) is 4.39. The molecule has 0 amide bonds. The lowest BCUT2D eigenvalue weighted by atomic mass is 9.90. The number of rotatable bonds is 6. The van der Waals surface area contributed by atoms with Crippen LogP contribution in [0.4, 0.5) is 17.1 Å². The number of hydrogen-bond acceptors (Lipinski definition) is 5. The van der Waals surface area contributed by atoms with E-state index in [1.807, 2.05) is 12.1 Å². The first-order chi connectivity index (χ1) is 33.5. The Hall–Kier alpha value is -8.69. The van der Waals surface area contributed by atoms with Crippen molar-refractivity contribution in [3.8, 4) is 34.3 Å². The van der Waals surface area contributed by atoms with Gasteiger partial charge in [0.1, 0.15) is 39.6 Å². The van der Waals surface area contributed by atoms with Crippen LogP contribution in [-0.4, -0.2) is 33.1 Å². The van der Waals surface area contributed by atoms with E-state index in [4.69, 9.17) is 19.7 Å². The smallest absolute Gasteiger partial charge is 0.220 e. The standard InChI is InChI=1S/C59H44N8O/c1-38-21-20-24-40(37-38)57-62-51-53(64-46-31-14-16-33-48(46)68-49-34-17-15-32-47(49)64)52-50(61-56(39-22-6-3-7-23-39)63(52)41-25-8-4-9-26-41)54(55(51)67(57)59(2)35-18-5-19-36-59)66-45-30-13-12-29-44(45)65-43-28-11-10-27-42(43)60-58(65)66/h3-35,38H,36-37H2,1-2H3. The van der Waals surface area contributed by atoms with Gasteiger partial charge in [0.25, 0.3) is 0 Å². The summed E-state index contributed by atoms with van der Waals surface area (Å²) in [4.78, 5) is 20.0. The predicted octanol–water partition coefficient (Wildman–Crippen LogP) is 14.6. The fraction of sp³-hybridized carbons (Fsp3) is 0.102. The predicted molar refractivity (Wildman–Crippen MR) is 275 cm³/mol. The number of benzene rings is 7. The molecule has 4 aromatic heterocycles. The molecule has 0 bridgehead atoms. The van der Waals surface area contributed by atoms with Crippen LogP contribution in [0.2, 0.25) is 0 Å². The van der Waals surface area contributed by atoms with E-state index in [9.17, 15) is 0 Å². The maximum atomic E-state index is 6.76. The minimum atomic E-state index is -0.534. The van der Waals surface area contributed by atoms with Crippen LogP contribution in [0.25, 0.3) is 78.2 Å². The third-order valence-corrected chi connectivity index (χ3v) is 14.0. The van der Waals surface area contributed by atoms with Gasteiger partial charge in [-0.3, -0.25) is 18.4 Å². The van der Waals surface area contributed by atoms with Crippen LogP contribution in [0.1, 0.15) is 32.5 Å². The molecule has 5 heterocycles. The molecule has 9 nitrogen and oxygen atoms in total. The zero-order valence-corrected chi connectivity index (χ0v) is 37.5. The van der Waals surface area contributed by atoms with Gasteiger partial charge in [-0.25, -0.2) is 15.0 Å². The molecular weight excluding hydrogens is 837 g/mol. The molecule has 0 N–H and O–H groups in total. The summed E-state index contributed by atoms with van der Waals surface area (Å²) < 4.78 is 16.3. The van der Waals surface area contributed by atoms with Crippen LogP contribution in [0.15, 0.2) is 200 Å². The van der Waals surface area contributed by atoms with Crippen molar-refractivity contribution in [3.05, 3.63) is 206 Å². The van der Waals surface area contributed by atoms with E-state index in [0.717, 1.165) is 120 Å². The first-order valence-electron chi connectivity index (χ1n) is 23.4. The molecule has 2 aliphatic carbocycles. The van der Waals surface area contributed by atoms with Crippen molar-refractivity contribution < 1.29 is 4.74 Å². The Kier molecular flexibility index (Phi) is 8.31. The van der Waals surface area contributed by atoms with Gasteiger partial charge >= 0.3 is 0 Å². The van der Waals surface area contributed by atoms with Gasteiger partial charge in [-0.2, -0.15) is 0 Å². The van der Waals surface area contributed by atoms with Crippen molar-refractivity contribution >= 4 is 72.5 Å². The maximum Gasteiger partial charge on any atom is 0.220 e. The highest BCUT2D eigenvalue weighted by Gasteiger charge is 2.40. The van der Waals surface area contributed by atoms with Crippen molar-refractivity contribution in [2.75, 3.05) is 4.90 Å². The van der Waals surface area contributed by atoms with Gasteiger partial charge in [0.15, 0.2) is 11.5 Å². The van der Waals surface area contributed by atoms with Crippen LogP contribution >= 0.6 is 0 Å². The zero-order valence-electron chi connectivity index (χ0n) is 37.5. The zero-order chi connectivity index (χ0) is 45.1. The Balaban J connectivity index is 1.29. The van der Waals surface area contributed by atoms with Crippen LogP contribution in [0.5, 0.6) is 11.5 Å². The molecule has 2 unspecified atom stereocenters. The minimum absolute atomic E-state index is 0.330. The summed E-state index contributed by atoms with van der Waals surface area (Å²) in [6, 6.07) is 55.0. The number of anilines is 3. The number of hydrogen-bond donors (Lipinski definition) is 0. The fourth-order valence-corrected chi connectivity index (χ4v) is 11.0. The highest BCUT2D eigenvalue weighted by atomic mass is 16.5. The Morgan fingerprint density at radius 1 is 0.588 bits per heavy atom. The van der Waals surface area contributed by atoms with Crippen molar-refractivity contribution in [3.63, 3.8) is 0 Å². The molecule has 7 aromatic carbocycles. The molecule has 1 aliphatic heterocycles. The van der Waals surface area contributed by atoms with Gasteiger partial charge in [0, 0.05) is 11.3 Å². The Labute approximate surface area is 392 Å². The Bertz CT molecular complexity index is 3950. The average molecular weight is 881 g/mol. The summed E-state index contributed by atoms with van der Waals surface area (Å²) in [6.07, 6.45) is 17.3. The Morgan fingerprint density at radius 3 is 1.97 bits per heavy atom. The molecule has 326 valence electrons. The first kappa shape index (κ1) is 38.6. The summed E-state index contributed by atoms with van der Waals surface area (Å²) >= 11 is 0. The number of nitrogens with zero attached hydrogens (tertiary/aromatic N) is 8. The van der Waals surface area contributed by atoms with E-state index in [2.05, 4.69) is 225 Å². The molecule has 0 saturated heterocycles. The molecule has 11 aromatic rings. The van der Waals surface area contributed by atoms with Gasteiger partial charge in [-0.05, 0) is 91.9 Å². The molecule has 0 saturated carbocycles. The summed E-state index contributed by atoms with van der Waals surface area (Å²) in [6.45, 7) is 4.63. The minimum Gasteiger partial charge on any atom is -0.453 e. The fourth-order valence-electron chi connectivity index (χ4n) is 11.0. The lowest BCUT2D eigenvalue weighted by Crippen LogP contribution is -2.30. The molecule has 0 radical (unpaired) electrons. The number of ether oxygens (including phenoxy) is 1. The molecule has 68 heavy (non-hydrogen) atoms. The Morgan fingerprint density at radius 2 is 1.24 bits per heavy atom. The second-order valence-electron chi connectivity index (χ2n) is 18.4. The number of fused-ring (bicyclic) bond motifs is 9. The molecule has 2 atom stereocenters. The molecular formula is C59H44N8O. The van der Waals surface area contributed by atoms with E-state index < -0.39 is 5.54 Å². The van der Waals surface area contributed by atoms with E-state index in [-0.39, 0.29) is 0 Å². The molecule has 9 heteroatoms. The molecule has 0 spiro atoms. The second kappa shape index (κ2) is 14.7. The van der Waals surface area contributed by atoms with E-state index in [1.165, 1.54) is 5.57 Å². The highest BCUT2D eigenvalue weighted by Crippen LogP contribution is 2.56. The quantitative estimate of drug-likeness (QED) is 0.166. The lowest BCUT2D eigenvalue weighted by Gasteiger charge is -2.34. The number of para-hydroxylation sites is 9. The summed E-state index contributed by atoms with van der Waals surface area (Å²) in [5.41, 5.74) is 13.8. The maximum absolute atomic E-state index is 6.76. The normalized spacial score (nSPS) is 17.6. The molecule has 0 fully saturated rings. The van der Waals surface area contributed by atoms with Gasteiger partial charge in [-0.15, -0.1) is 0 Å². The van der Waals surface area contributed by atoms with Crippen LogP contribution in [0.3, 0.4) is 0 Å². The SMILES string of the molecule is CC1C=CC=C(c2nc3c(N4c5ccccc5Oc5ccccc54)c4c(nc(-c5ccccc5)n4-c4ccccc4)c(-n4c5ccccc5n5c6ccccc6nc45)c3n2C2(C)C=CC=CC2)C1. The van der Waals surface area contributed by atoms with E-state index in [1.54, 1.807) is 0 Å². The first-order valence-corrected chi connectivity index (χ1v) is 23.4. The third-order valence-electron chi connectivity index (χ3n) is 14.0. The van der Waals surface area contributed by atoms with Crippen molar-refractivity contribution in [1.82, 2.24) is 33.1 Å². The monoisotopic (exact) mass is 880 g/mol. The highest BCUT2D eigenvalue weighted by molar-refractivity contribution is 6.18. The summed E-state index contributed by atoms with van der Waals surface area (Å²) in [5, 5.41) is 0. The largest absolute Gasteiger partial charge is 0.453 e. The van der Waals surface area contributed by atoms with Gasteiger partial charge in [0.05, 0.1) is 44.5 Å². The van der Waals surface area contributed by atoms with Crippen LogP contribution in [0, 0.1) is 5.92 Å². The summed E-state index contributed by atoms with van der Waals surface area (Å²) in [7, 11) is 0. The second-order valence-corrected chi connectivity index (χ2v) is 18.4. The van der Waals surface area contributed by atoms with Crippen molar-refractivity contribution in [2.45, 2.75) is 32.2 Å².